The summed E-state index contributed by atoms with van der Waals surface area (Å²) in [6.07, 6.45) is 49.8. The van der Waals surface area contributed by atoms with E-state index in [9.17, 15) is 0 Å². The van der Waals surface area contributed by atoms with Crippen molar-refractivity contribution in [2.75, 3.05) is 19.6 Å². The minimum absolute atomic E-state index is 0.699. The Morgan fingerprint density at radius 3 is 1.24 bits per heavy atom. The van der Waals surface area contributed by atoms with E-state index in [1.54, 1.807) is 11.1 Å². The lowest BCUT2D eigenvalue weighted by molar-refractivity contribution is 0.145. The van der Waals surface area contributed by atoms with Crippen LogP contribution in [0.25, 0.3) is 0 Å². The van der Waals surface area contributed by atoms with Crippen LogP contribution in [0.2, 0.25) is 0 Å². The molecule has 1 aliphatic rings. The minimum atomic E-state index is 0.699. The molecule has 1 fully saturated rings. The number of hydrogen-bond acceptors (Lipinski definition) is 2. The van der Waals surface area contributed by atoms with Crippen molar-refractivity contribution in [3.05, 3.63) is 24.3 Å². The highest BCUT2D eigenvalue weighted by Gasteiger charge is 2.25. The summed E-state index contributed by atoms with van der Waals surface area (Å²) in [6.45, 7) is 24.8. The topological polar surface area (TPSA) is 15.3 Å². The normalized spacial score (nSPS) is 17.1. The number of nitrogens with zero attached hydrogens (tertiary/aromatic N) is 1. The Bertz CT molecular complexity index is 803. The Labute approximate surface area is 342 Å². The van der Waals surface area contributed by atoms with E-state index >= 15 is 0 Å². The molecular weight excluding hydrogens is 653 g/mol. The van der Waals surface area contributed by atoms with Gasteiger partial charge in [-0.3, -0.25) is 0 Å². The highest BCUT2D eigenvalue weighted by molar-refractivity contribution is 5.01. The molecule has 1 rings (SSSR count). The molecule has 2 heteroatoms. The summed E-state index contributed by atoms with van der Waals surface area (Å²) >= 11 is 0. The number of allylic oxidation sites excluding steroid dienone is 2. The maximum atomic E-state index is 4.67. The van der Waals surface area contributed by atoms with Crippen molar-refractivity contribution in [2.45, 2.75) is 278 Å². The SMILES string of the molecule is C=C(CCCCCCCC1CN(CCCCC)CC(CCCCCCCC(=C)C(CCCCCCC)CCCCCCC)N1)C(CC)CCCCCCC. The van der Waals surface area contributed by atoms with Gasteiger partial charge in [0.15, 0.2) is 0 Å². The second-order valence-corrected chi connectivity index (χ2v) is 18.4. The molecule has 1 aliphatic heterocycles. The monoisotopic (exact) mass is 755 g/mol. The van der Waals surface area contributed by atoms with Gasteiger partial charge < -0.3 is 10.2 Å². The van der Waals surface area contributed by atoms with Crippen LogP contribution in [-0.4, -0.2) is 36.6 Å². The van der Waals surface area contributed by atoms with Gasteiger partial charge in [-0.15, -0.1) is 0 Å². The first-order valence-corrected chi connectivity index (χ1v) is 25.3. The molecule has 0 aliphatic carbocycles. The third-order valence-corrected chi connectivity index (χ3v) is 13.2. The van der Waals surface area contributed by atoms with Crippen molar-refractivity contribution in [3.63, 3.8) is 0 Å². The van der Waals surface area contributed by atoms with Crippen LogP contribution in [0.3, 0.4) is 0 Å². The van der Waals surface area contributed by atoms with Crippen molar-refractivity contribution in [1.82, 2.24) is 10.2 Å². The Kier molecular flexibility index (Phi) is 36.1. The van der Waals surface area contributed by atoms with Gasteiger partial charge in [-0.25, -0.2) is 0 Å². The van der Waals surface area contributed by atoms with Crippen LogP contribution in [0.4, 0.5) is 0 Å². The van der Waals surface area contributed by atoms with Crippen LogP contribution in [0, 0.1) is 11.8 Å². The number of hydrogen-bond donors (Lipinski definition) is 1. The molecule has 1 heterocycles. The quantitative estimate of drug-likeness (QED) is 0.0494. The smallest absolute Gasteiger partial charge is 0.0198 e. The standard InChI is InChI=1S/C52H102N2/c1-8-13-17-22-31-39-49(12-5)47(6)37-29-25-20-27-34-42-51-45-54(44-36-16-11-4)46-52(53-51)43-35-28-21-26-30-38-48(7)50(40-32-23-18-14-9-2)41-33-24-19-15-10-3/h49-53H,6-46H2,1-5H3. The van der Waals surface area contributed by atoms with Crippen LogP contribution in [0.1, 0.15) is 266 Å². The van der Waals surface area contributed by atoms with Crippen molar-refractivity contribution in [1.29, 1.82) is 0 Å². The van der Waals surface area contributed by atoms with Gasteiger partial charge in [0, 0.05) is 25.2 Å². The van der Waals surface area contributed by atoms with Crippen LogP contribution in [0.5, 0.6) is 0 Å². The lowest BCUT2D eigenvalue weighted by Gasteiger charge is -2.39. The van der Waals surface area contributed by atoms with Gasteiger partial charge in [-0.1, -0.05) is 219 Å². The average Bonchev–Trinajstić information content (AvgIpc) is 3.17. The van der Waals surface area contributed by atoms with Crippen molar-refractivity contribution in [3.8, 4) is 0 Å². The van der Waals surface area contributed by atoms with Crippen molar-refractivity contribution >= 4 is 0 Å². The van der Waals surface area contributed by atoms with Gasteiger partial charge in [0.25, 0.3) is 0 Å². The van der Waals surface area contributed by atoms with Crippen molar-refractivity contribution in [2.24, 2.45) is 11.8 Å². The molecule has 3 atom stereocenters. The molecule has 3 unspecified atom stereocenters. The third kappa shape index (κ3) is 28.7. The number of rotatable bonds is 41. The molecule has 0 bridgehead atoms. The Hall–Kier alpha value is -0.600. The first-order chi connectivity index (χ1) is 26.5. The van der Waals surface area contributed by atoms with E-state index in [-0.39, 0.29) is 0 Å². The molecule has 0 aromatic heterocycles. The lowest BCUT2D eigenvalue weighted by atomic mass is 9.86. The van der Waals surface area contributed by atoms with Gasteiger partial charge in [0.1, 0.15) is 0 Å². The Morgan fingerprint density at radius 2 is 0.796 bits per heavy atom. The molecule has 54 heavy (non-hydrogen) atoms. The summed E-state index contributed by atoms with van der Waals surface area (Å²) in [5, 5.41) is 4.16. The van der Waals surface area contributed by atoms with E-state index in [4.69, 9.17) is 0 Å². The summed E-state index contributed by atoms with van der Waals surface area (Å²) in [7, 11) is 0. The van der Waals surface area contributed by atoms with Gasteiger partial charge in [-0.05, 0) is 89.0 Å². The zero-order valence-corrected chi connectivity index (χ0v) is 38.2. The van der Waals surface area contributed by atoms with E-state index in [1.165, 1.54) is 251 Å². The first kappa shape index (κ1) is 51.4. The molecule has 0 radical (unpaired) electrons. The van der Waals surface area contributed by atoms with E-state index in [1.807, 2.05) is 0 Å². The summed E-state index contributed by atoms with van der Waals surface area (Å²) in [5.74, 6) is 1.56. The zero-order chi connectivity index (χ0) is 39.3. The molecule has 320 valence electrons. The molecular formula is C52H102N2. The summed E-state index contributed by atoms with van der Waals surface area (Å²) in [4.78, 5) is 2.83. The first-order valence-electron chi connectivity index (χ1n) is 25.3. The molecule has 0 spiro atoms. The number of nitrogens with one attached hydrogen (secondary N) is 1. The van der Waals surface area contributed by atoms with Crippen LogP contribution >= 0.6 is 0 Å². The van der Waals surface area contributed by atoms with E-state index in [0.717, 1.165) is 11.8 Å². The van der Waals surface area contributed by atoms with Crippen LogP contribution in [0.15, 0.2) is 24.3 Å². The fourth-order valence-electron chi connectivity index (χ4n) is 9.44. The van der Waals surface area contributed by atoms with Crippen molar-refractivity contribution < 1.29 is 0 Å². The Balaban J connectivity index is 2.33. The van der Waals surface area contributed by atoms with Crippen LogP contribution in [-0.2, 0) is 0 Å². The predicted molar refractivity (Wildman–Crippen MR) is 247 cm³/mol. The molecule has 0 aromatic rings. The zero-order valence-electron chi connectivity index (χ0n) is 38.2. The molecule has 1 N–H and O–H groups in total. The second kappa shape index (κ2) is 37.9. The molecule has 0 amide bonds. The molecule has 2 nitrogen and oxygen atoms in total. The fourth-order valence-corrected chi connectivity index (χ4v) is 9.44. The highest BCUT2D eigenvalue weighted by atomic mass is 15.2. The third-order valence-electron chi connectivity index (χ3n) is 13.2. The summed E-state index contributed by atoms with van der Waals surface area (Å²) < 4.78 is 0. The lowest BCUT2D eigenvalue weighted by Crippen LogP contribution is -2.56. The predicted octanol–water partition coefficient (Wildman–Crippen LogP) is 17.1. The van der Waals surface area contributed by atoms with E-state index in [0.29, 0.717) is 12.1 Å². The molecule has 0 saturated carbocycles. The van der Waals surface area contributed by atoms with Gasteiger partial charge in [0.05, 0.1) is 0 Å². The number of unbranched alkanes of at least 4 members (excludes halogenated alkanes) is 22. The number of piperazine rings is 1. The van der Waals surface area contributed by atoms with Gasteiger partial charge in [-0.2, -0.15) is 0 Å². The van der Waals surface area contributed by atoms with E-state index in [2.05, 4.69) is 58.0 Å². The van der Waals surface area contributed by atoms with Crippen LogP contribution < -0.4 is 5.32 Å². The van der Waals surface area contributed by atoms with Gasteiger partial charge >= 0.3 is 0 Å². The summed E-state index contributed by atoms with van der Waals surface area (Å²) in [5.41, 5.74) is 3.15. The Morgan fingerprint density at radius 1 is 0.444 bits per heavy atom. The second-order valence-electron chi connectivity index (χ2n) is 18.4. The van der Waals surface area contributed by atoms with Gasteiger partial charge in [0.2, 0.25) is 0 Å². The maximum absolute atomic E-state index is 4.67. The largest absolute Gasteiger partial charge is 0.309 e. The summed E-state index contributed by atoms with van der Waals surface area (Å²) in [6, 6.07) is 1.40. The molecule has 1 saturated heterocycles. The molecule has 0 aromatic carbocycles. The highest BCUT2D eigenvalue weighted by Crippen LogP contribution is 2.29. The fraction of sp³-hybridized carbons (Fsp3) is 0.923. The maximum Gasteiger partial charge on any atom is 0.0198 e. The minimum Gasteiger partial charge on any atom is -0.309 e. The van der Waals surface area contributed by atoms with E-state index < -0.39 is 0 Å². The average molecular weight is 755 g/mol.